The lowest BCUT2D eigenvalue weighted by Gasteiger charge is -2.13. The van der Waals surface area contributed by atoms with Crippen molar-refractivity contribution in [2.24, 2.45) is 0 Å². The first kappa shape index (κ1) is 18.5. The number of aldehydes is 1. The number of carbonyl (C=O) groups is 2. The Morgan fingerprint density at radius 2 is 1.75 bits per heavy atom. The molecule has 0 radical (unpaired) electrons. The van der Waals surface area contributed by atoms with Crippen LogP contribution in [0, 0.1) is 0 Å². The van der Waals surface area contributed by atoms with Gasteiger partial charge in [0.15, 0.2) is 0 Å². The molecule has 0 aromatic heterocycles. The fourth-order valence-electron chi connectivity index (χ4n) is 2.32. The summed E-state index contributed by atoms with van der Waals surface area (Å²) in [5.74, 6) is -0.320. The molecular formula is C18H17Cl2NO3. The molecule has 0 bridgehead atoms. The molecule has 2 rings (SSSR count). The summed E-state index contributed by atoms with van der Waals surface area (Å²) in [7, 11) is 1.43. The Labute approximate surface area is 150 Å². The molecule has 0 aliphatic carbocycles. The van der Waals surface area contributed by atoms with Crippen LogP contribution < -0.4 is 5.32 Å². The van der Waals surface area contributed by atoms with Crippen molar-refractivity contribution in [1.82, 2.24) is 5.32 Å². The van der Waals surface area contributed by atoms with E-state index in [1.54, 1.807) is 6.07 Å². The molecule has 0 heterocycles. The average Bonchev–Trinajstić information content (AvgIpc) is 2.54. The molecule has 0 aliphatic heterocycles. The van der Waals surface area contributed by atoms with Gasteiger partial charge in [-0.15, -0.1) is 0 Å². The zero-order valence-corrected chi connectivity index (χ0v) is 14.6. The SMILES string of the molecule is COCC(=O)N[C@@H](C=O)Cc1ccc(-c2cc(Cl)cc(Cl)c2)cc1. The summed E-state index contributed by atoms with van der Waals surface area (Å²) in [6.45, 7) is -0.0706. The van der Waals surface area contributed by atoms with Crippen LogP contribution in [0.1, 0.15) is 5.56 Å². The van der Waals surface area contributed by atoms with Crippen molar-refractivity contribution in [3.8, 4) is 11.1 Å². The summed E-state index contributed by atoms with van der Waals surface area (Å²) >= 11 is 12.0. The van der Waals surface area contributed by atoms with Gasteiger partial charge in [-0.3, -0.25) is 4.79 Å². The molecule has 24 heavy (non-hydrogen) atoms. The molecule has 1 amide bonds. The summed E-state index contributed by atoms with van der Waals surface area (Å²) in [4.78, 5) is 22.6. The Morgan fingerprint density at radius 3 is 2.29 bits per heavy atom. The van der Waals surface area contributed by atoms with Crippen LogP contribution in [0.15, 0.2) is 42.5 Å². The van der Waals surface area contributed by atoms with E-state index in [1.165, 1.54) is 7.11 Å². The van der Waals surface area contributed by atoms with E-state index in [0.717, 1.165) is 23.0 Å². The number of hydrogen-bond acceptors (Lipinski definition) is 3. The molecule has 0 aliphatic rings. The second-order valence-electron chi connectivity index (χ2n) is 5.30. The molecular weight excluding hydrogens is 349 g/mol. The third kappa shape index (κ3) is 5.34. The van der Waals surface area contributed by atoms with E-state index in [-0.39, 0.29) is 12.5 Å². The number of amides is 1. The Kier molecular flexibility index (Phi) is 6.79. The van der Waals surface area contributed by atoms with Gasteiger partial charge in [0.2, 0.25) is 5.91 Å². The maximum absolute atomic E-state index is 11.5. The Morgan fingerprint density at radius 1 is 1.12 bits per heavy atom. The number of ether oxygens (including phenoxy) is 1. The predicted molar refractivity (Wildman–Crippen MR) is 95.5 cm³/mol. The third-order valence-corrected chi connectivity index (χ3v) is 3.83. The normalized spacial score (nSPS) is 11.8. The summed E-state index contributed by atoms with van der Waals surface area (Å²) in [6, 6.07) is 12.4. The van der Waals surface area contributed by atoms with E-state index in [1.807, 2.05) is 36.4 Å². The zero-order chi connectivity index (χ0) is 17.5. The fraction of sp³-hybridized carbons (Fsp3) is 0.222. The molecule has 1 N–H and O–H groups in total. The van der Waals surface area contributed by atoms with Crippen LogP contribution in [0.3, 0.4) is 0 Å². The van der Waals surface area contributed by atoms with Crippen LogP contribution in [-0.4, -0.2) is 32.0 Å². The largest absolute Gasteiger partial charge is 0.375 e. The van der Waals surface area contributed by atoms with Gasteiger partial charge in [-0.1, -0.05) is 47.5 Å². The highest BCUT2D eigenvalue weighted by Crippen LogP contribution is 2.27. The van der Waals surface area contributed by atoms with Crippen LogP contribution in [0.5, 0.6) is 0 Å². The average molecular weight is 366 g/mol. The molecule has 2 aromatic carbocycles. The summed E-state index contributed by atoms with van der Waals surface area (Å²) in [5, 5.41) is 3.76. The lowest BCUT2D eigenvalue weighted by atomic mass is 10.0. The van der Waals surface area contributed by atoms with Crippen LogP contribution >= 0.6 is 23.2 Å². The van der Waals surface area contributed by atoms with Crippen LogP contribution in [0.25, 0.3) is 11.1 Å². The van der Waals surface area contributed by atoms with Gasteiger partial charge in [0.1, 0.15) is 12.9 Å². The number of rotatable bonds is 7. The molecule has 0 fully saturated rings. The van der Waals surface area contributed by atoms with Crippen molar-refractivity contribution in [2.45, 2.75) is 12.5 Å². The first-order chi connectivity index (χ1) is 11.5. The van der Waals surface area contributed by atoms with Crippen molar-refractivity contribution in [3.63, 3.8) is 0 Å². The third-order valence-electron chi connectivity index (χ3n) is 3.39. The quantitative estimate of drug-likeness (QED) is 0.763. The van der Waals surface area contributed by atoms with Crippen molar-refractivity contribution < 1.29 is 14.3 Å². The summed E-state index contributed by atoms with van der Waals surface area (Å²) in [5.41, 5.74) is 2.82. The summed E-state index contributed by atoms with van der Waals surface area (Å²) in [6.07, 6.45) is 1.13. The first-order valence-electron chi connectivity index (χ1n) is 7.31. The van der Waals surface area contributed by atoms with Crippen LogP contribution in [0.2, 0.25) is 10.0 Å². The number of methoxy groups -OCH3 is 1. The second kappa shape index (κ2) is 8.83. The monoisotopic (exact) mass is 365 g/mol. The Hall–Kier alpha value is -1.88. The molecule has 0 saturated carbocycles. The number of nitrogens with one attached hydrogen (secondary N) is 1. The van der Waals surface area contributed by atoms with Crippen molar-refractivity contribution in [2.75, 3.05) is 13.7 Å². The number of halogens is 2. The van der Waals surface area contributed by atoms with E-state index >= 15 is 0 Å². The van der Waals surface area contributed by atoms with E-state index in [0.29, 0.717) is 16.5 Å². The van der Waals surface area contributed by atoms with Gasteiger partial charge in [-0.25, -0.2) is 0 Å². The molecule has 0 unspecified atom stereocenters. The molecule has 4 nitrogen and oxygen atoms in total. The topological polar surface area (TPSA) is 55.4 Å². The van der Waals surface area contributed by atoms with Gasteiger partial charge in [-0.2, -0.15) is 0 Å². The van der Waals surface area contributed by atoms with Gasteiger partial charge < -0.3 is 14.8 Å². The Balaban J connectivity index is 2.08. The minimum Gasteiger partial charge on any atom is -0.375 e. The van der Waals surface area contributed by atoms with Gasteiger partial charge in [0.05, 0.1) is 6.04 Å². The van der Waals surface area contributed by atoms with E-state index in [9.17, 15) is 9.59 Å². The number of benzene rings is 2. The zero-order valence-electron chi connectivity index (χ0n) is 13.1. The van der Waals surface area contributed by atoms with E-state index < -0.39 is 6.04 Å². The molecule has 2 aromatic rings. The molecule has 0 saturated heterocycles. The minimum atomic E-state index is -0.584. The highest BCUT2D eigenvalue weighted by molar-refractivity contribution is 6.35. The lowest BCUT2D eigenvalue weighted by molar-refractivity contribution is -0.127. The fourth-order valence-corrected chi connectivity index (χ4v) is 2.85. The van der Waals surface area contributed by atoms with Gasteiger partial charge in [-0.05, 0) is 41.3 Å². The van der Waals surface area contributed by atoms with Crippen molar-refractivity contribution in [3.05, 3.63) is 58.1 Å². The minimum absolute atomic E-state index is 0.0706. The first-order valence-corrected chi connectivity index (χ1v) is 8.06. The number of hydrogen-bond donors (Lipinski definition) is 1. The van der Waals surface area contributed by atoms with E-state index in [2.05, 4.69) is 5.32 Å². The molecule has 126 valence electrons. The highest BCUT2D eigenvalue weighted by atomic mass is 35.5. The molecule has 0 spiro atoms. The van der Waals surface area contributed by atoms with Crippen LogP contribution in [-0.2, 0) is 20.7 Å². The second-order valence-corrected chi connectivity index (χ2v) is 6.18. The standard InChI is InChI=1S/C18H17Cl2NO3/c1-24-11-18(23)21-17(10-22)6-12-2-4-13(5-3-12)14-7-15(19)9-16(20)8-14/h2-5,7-10,17H,6,11H2,1H3,(H,21,23)/t17-/m1/s1. The van der Waals surface area contributed by atoms with Gasteiger partial charge in [0, 0.05) is 17.2 Å². The number of carbonyl (C=O) groups excluding carboxylic acids is 2. The van der Waals surface area contributed by atoms with Crippen molar-refractivity contribution in [1.29, 1.82) is 0 Å². The molecule has 6 heteroatoms. The molecule has 1 atom stereocenters. The van der Waals surface area contributed by atoms with Gasteiger partial charge >= 0.3 is 0 Å². The predicted octanol–water partition coefficient (Wildman–Crippen LogP) is 3.53. The highest BCUT2D eigenvalue weighted by Gasteiger charge is 2.12. The maximum atomic E-state index is 11.5. The lowest BCUT2D eigenvalue weighted by Crippen LogP contribution is -2.39. The summed E-state index contributed by atoms with van der Waals surface area (Å²) < 4.78 is 4.73. The maximum Gasteiger partial charge on any atom is 0.246 e. The van der Waals surface area contributed by atoms with E-state index in [4.69, 9.17) is 27.9 Å². The Bertz CT molecular complexity index is 696. The van der Waals surface area contributed by atoms with Crippen molar-refractivity contribution >= 4 is 35.4 Å². The smallest absolute Gasteiger partial charge is 0.246 e. The van der Waals surface area contributed by atoms with Gasteiger partial charge in [0.25, 0.3) is 0 Å². The van der Waals surface area contributed by atoms with Crippen LogP contribution in [0.4, 0.5) is 0 Å².